The van der Waals surface area contributed by atoms with E-state index in [1.165, 1.54) is 4.31 Å². The number of fused-ring (bicyclic) bond motifs is 1. The van der Waals surface area contributed by atoms with Crippen molar-refractivity contribution >= 4 is 27.7 Å². The molecule has 2 fully saturated rings. The average Bonchev–Trinajstić information content (AvgIpc) is 2.83. The third-order valence-corrected chi connectivity index (χ3v) is 5.79. The van der Waals surface area contributed by atoms with E-state index >= 15 is 0 Å². The summed E-state index contributed by atoms with van der Waals surface area (Å²) in [5, 5.41) is 2.51. The molecule has 2 N–H and O–H groups in total. The van der Waals surface area contributed by atoms with E-state index < -0.39 is 15.6 Å². The Labute approximate surface area is 125 Å². The van der Waals surface area contributed by atoms with Crippen molar-refractivity contribution in [3.05, 3.63) is 27.6 Å². The van der Waals surface area contributed by atoms with Crippen molar-refractivity contribution in [1.82, 2.24) is 19.5 Å². The van der Waals surface area contributed by atoms with Gasteiger partial charge in [0.1, 0.15) is 5.02 Å². The number of pyridine rings is 1. The van der Waals surface area contributed by atoms with E-state index in [1.807, 2.05) is 0 Å². The highest BCUT2D eigenvalue weighted by atomic mass is 35.5. The first-order valence-corrected chi connectivity index (χ1v) is 8.14. The number of carbonyl (C=O) groups is 1. The van der Waals surface area contributed by atoms with Gasteiger partial charge in [-0.15, -0.1) is 0 Å². The van der Waals surface area contributed by atoms with Crippen molar-refractivity contribution in [2.24, 2.45) is 0 Å². The van der Waals surface area contributed by atoms with Crippen LogP contribution in [0.5, 0.6) is 0 Å². The van der Waals surface area contributed by atoms with Gasteiger partial charge in [-0.2, -0.15) is 4.31 Å². The van der Waals surface area contributed by atoms with Gasteiger partial charge in [0, 0.05) is 32.4 Å². The maximum Gasteiger partial charge on any atom is 0.317 e. The molecule has 114 valence electrons. The Balaban J connectivity index is 1.87. The molecule has 3 rings (SSSR count). The van der Waals surface area contributed by atoms with Crippen molar-refractivity contribution in [3.8, 4) is 0 Å². The number of amides is 2. The molecule has 2 aliphatic rings. The number of sulfonamides is 1. The first kappa shape index (κ1) is 14.4. The molecule has 2 saturated heterocycles. The number of hydrogen-bond acceptors (Lipinski definition) is 4. The normalized spacial score (nSPS) is 23.0. The van der Waals surface area contributed by atoms with Crippen LogP contribution in [0.1, 0.15) is 0 Å². The van der Waals surface area contributed by atoms with E-state index in [9.17, 15) is 18.0 Å². The predicted molar refractivity (Wildman–Crippen MR) is 74.7 cm³/mol. The molecule has 0 radical (unpaired) electrons. The Kier molecular flexibility index (Phi) is 3.42. The molecule has 2 aliphatic heterocycles. The van der Waals surface area contributed by atoms with Gasteiger partial charge in [0.15, 0.2) is 0 Å². The van der Waals surface area contributed by atoms with Gasteiger partial charge in [-0.05, 0) is 6.07 Å². The van der Waals surface area contributed by atoms with Gasteiger partial charge < -0.3 is 15.2 Å². The molecule has 3 heterocycles. The van der Waals surface area contributed by atoms with Crippen molar-refractivity contribution in [3.63, 3.8) is 0 Å². The number of urea groups is 1. The molecule has 1 atom stereocenters. The molecule has 1 unspecified atom stereocenters. The minimum absolute atomic E-state index is 0.0576. The summed E-state index contributed by atoms with van der Waals surface area (Å²) in [6.45, 7) is 1.20. The summed E-state index contributed by atoms with van der Waals surface area (Å²) in [5.74, 6) is 0. The number of nitrogens with one attached hydrogen (secondary N) is 2. The second-order valence-electron chi connectivity index (χ2n) is 4.91. The average molecular weight is 333 g/mol. The zero-order valence-electron chi connectivity index (χ0n) is 10.9. The Bertz CT molecular complexity index is 747. The summed E-state index contributed by atoms with van der Waals surface area (Å²) in [6.07, 6.45) is 1.13. The Morgan fingerprint density at radius 2 is 2.05 bits per heavy atom. The second kappa shape index (κ2) is 5.00. The molecular formula is C11H13ClN4O4S. The summed E-state index contributed by atoms with van der Waals surface area (Å²) < 4.78 is 26.4. The minimum atomic E-state index is -3.74. The summed E-state index contributed by atoms with van der Waals surface area (Å²) in [7, 11) is -3.74. The van der Waals surface area contributed by atoms with Gasteiger partial charge in [-0.1, -0.05) is 11.6 Å². The molecule has 0 aromatic carbocycles. The van der Waals surface area contributed by atoms with Crippen molar-refractivity contribution in [1.29, 1.82) is 0 Å². The maximum atomic E-state index is 12.5. The molecular weight excluding hydrogens is 320 g/mol. The molecule has 0 spiro atoms. The molecule has 2 amide bonds. The Morgan fingerprint density at radius 1 is 1.29 bits per heavy atom. The van der Waals surface area contributed by atoms with E-state index in [0.29, 0.717) is 13.1 Å². The topological polar surface area (TPSA) is 103 Å². The van der Waals surface area contributed by atoms with Crippen LogP contribution in [0.4, 0.5) is 4.79 Å². The molecule has 8 nitrogen and oxygen atoms in total. The standard InChI is InChI=1S/C11H13ClN4O4S/c12-9-3-8(5-13-10(9)17)21(19,20)15-1-2-16-7(6-15)4-14-11(16)18/h3,5,7H,1-2,4,6H2,(H,13,17)(H,14,18). The van der Waals surface area contributed by atoms with Gasteiger partial charge in [0.25, 0.3) is 5.56 Å². The fourth-order valence-electron chi connectivity index (χ4n) is 2.53. The van der Waals surface area contributed by atoms with Crippen LogP contribution in [0, 0.1) is 0 Å². The number of nitrogens with zero attached hydrogens (tertiary/aromatic N) is 2. The molecule has 0 aliphatic carbocycles. The SMILES string of the molecule is O=C1NCC2CN(S(=O)(=O)c3c[nH]c(=O)c(Cl)c3)CCN12. The molecule has 1 aromatic heterocycles. The predicted octanol–water partition coefficient (Wildman–Crippen LogP) is -0.574. The van der Waals surface area contributed by atoms with Gasteiger partial charge in [0.05, 0.1) is 10.9 Å². The summed E-state index contributed by atoms with van der Waals surface area (Å²) in [4.78, 5) is 26.6. The third-order valence-electron chi connectivity index (χ3n) is 3.66. The highest BCUT2D eigenvalue weighted by molar-refractivity contribution is 7.89. The van der Waals surface area contributed by atoms with Crippen LogP contribution in [0.3, 0.4) is 0 Å². The van der Waals surface area contributed by atoms with Crippen LogP contribution >= 0.6 is 11.6 Å². The lowest BCUT2D eigenvalue weighted by Gasteiger charge is -2.35. The van der Waals surface area contributed by atoms with E-state index in [-0.39, 0.29) is 35.1 Å². The first-order valence-electron chi connectivity index (χ1n) is 6.32. The molecule has 1 aromatic rings. The maximum absolute atomic E-state index is 12.5. The van der Waals surface area contributed by atoms with Gasteiger partial charge in [0.2, 0.25) is 10.0 Å². The van der Waals surface area contributed by atoms with E-state index in [4.69, 9.17) is 11.6 Å². The van der Waals surface area contributed by atoms with Gasteiger partial charge >= 0.3 is 6.03 Å². The van der Waals surface area contributed by atoms with Crippen LogP contribution in [0.25, 0.3) is 0 Å². The van der Waals surface area contributed by atoms with Crippen LogP contribution in [0.2, 0.25) is 5.02 Å². The molecule has 21 heavy (non-hydrogen) atoms. The van der Waals surface area contributed by atoms with Crippen molar-refractivity contribution < 1.29 is 13.2 Å². The molecule has 0 bridgehead atoms. The van der Waals surface area contributed by atoms with Crippen LogP contribution in [-0.4, -0.2) is 60.9 Å². The lowest BCUT2D eigenvalue weighted by molar-refractivity contribution is 0.164. The second-order valence-corrected chi connectivity index (χ2v) is 7.25. The van der Waals surface area contributed by atoms with Gasteiger partial charge in [-0.25, -0.2) is 13.2 Å². The fourth-order valence-corrected chi connectivity index (χ4v) is 4.23. The number of piperazine rings is 1. The van der Waals surface area contributed by atoms with E-state index in [2.05, 4.69) is 10.3 Å². The number of hydrogen-bond donors (Lipinski definition) is 2. The number of halogens is 1. The lowest BCUT2D eigenvalue weighted by atomic mass is 10.2. The monoisotopic (exact) mass is 332 g/mol. The summed E-state index contributed by atoms with van der Waals surface area (Å²) >= 11 is 5.68. The third kappa shape index (κ3) is 2.41. The van der Waals surface area contributed by atoms with Crippen molar-refractivity contribution in [2.75, 3.05) is 26.2 Å². The van der Waals surface area contributed by atoms with Crippen LogP contribution in [0.15, 0.2) is 22.0 Å². The number of aromatic nitrogens is 1. The van der Waals surface area contributed by atoms with Crippen LogP contribution < -0.4 is 10.9 Å². The van der Waals surface area contributed by atoms with Gasteiger partial charge in [-0.3, -0.25) is 4.79 Å². The Morgan fingerprint density at radius 3 is 2.76 bits per heavy atom. The first-order chi connectivity index (χ1) is 9.89. The van der Waals surface area contributed by atoms with E-state index in [0.717, 1.165) is 12.3 Å². The summed E-state index contributed by atoms with van der Waals surface area (Å²) in [5.41, 5.74) is -0.536. The quantitative estimate of drug-likeness (QED) is 0.756. The zero-order chi connectivity index (χ0) is 15.2. The molecule has 10 heteroatoms. The summed E-state index contributed by atoms with van der Waals surface area (Å²) in [6, 6.07) is 0.809. The largest absolute Gasteiger partial charge is 0.336 e. The van der Waals surface area contributed by atoms with E-state index in [1.54, 1.807) is 4.90 Å². The zero-order valence-corrected chi connectivity index (χ0v) is 12.4. The number of aromatic amines is 1. The fraction of sp³-hybridized carbons (Fsp3) is 0.455. The minimum Gasteiger partial charge on any atom is -0.336 e. The molecule has 0 saturated carbocycles. The number of H-pyrrole nitrogens is 1. The highest BCUT2D eigenvalue weighted by Crippen LogP contribution is 2.22. The smallest absolute Gasteiger partial charge is 0.317 e. The Hall–Kier alpha value is -1.58. The van der Waals surface area contributed by atoms with Crippen LogP contribution in [-0.2, 0) is 10.0 Å². The number of rotatable bonds is 2. The highest BCUT2D eigenvalue weighted by Gasteiger charge is 2.39. The lowest BCUT2D eigenvalue weighted by Crippen LogP contribution is -2.53. The number of carbonyl (C=O) groups excluding carboxylic acids is 1. The van der Waals surface area contributed by atoms with Crippen molar-refractivity contribution in [2.45, 2.75) is 10.9 Å².